The van der Waals surface area contributed by atoms with Gasteiger partial charge < -0.3 is 15.0 Å². The van der Waals surface area contributed by atoms with Crippen molar-refractivity contribution in [1.82, 2.24) is 10.2 Å². The average molecular weight is 214 g/mol. The molecule has 0 spiro atoms. The topological polar surface area (TPSA) is 24.5 Å². The van der Waals surface area contributed by atoms with E-state index < -0.39 is 0 Å². The van der Waals surface area contributed by atoms with Gasteiger partial charge in [0, 0.05) is 19.8 Å². The van der Waals surface area contributed by atoms with Crippen LogP contribution >= 0.6 is 0 Å². The van der Waals surface area contributed by atoms with E-state index >= 15 is 0 Å². The summed E-state index contributed by atoms with van der Waals surface area (Å²) in [6, 6.07) is 0.814. The summed E-state index contributed by atoms with van der Waals surface area (Å²) in [7, 11) is 4.02. The Kier molecular flexibility index (Phi) is 6.98. The third-order valence-electron chi connectivity index (χ3n) is 3.28. The van der Waals surface area contributed by atoms with Gasteiger partial charge in [0.25, 0.3) is 0 Å². The van der Waals surface area contributed by atoms with Crippen LogP contribution in [0.3, 0.4) is 0 Å². The molecule has 1 fully saturated rings. The molecule has 1 aliphatic rings. The molecule has 90 valence electrons. The second kappa shape index (κ2) is 8.08. The van der Waals surface area contributed by atoms with Crippen molar-refractivity contribution < 1.29 is 4.74 Å². The predicted octanol–water partition coefficient (Wildman–Crippen LogP) is 1.49. The number of ether oxygens (including phenoxy) is 1. The molecule has 1 N–H and O–H groups in total. The number of hydrogen-bond donors (Lipinski definition) is 1. The maximum atomic E-state index is 5.01. The standard InChI is InChI=1S/C12H26N2O/c1-14-10-4-3-6-12(14)7-9-13-8-5-11-15-2/h12-13H,3-11H2,1-2H3. The van der Waals surface area contributed by atoms with Crippen molar-refractivity contribution in [3.63, 3.8) is 0 Å². The van der Waals surface area contributed by atoms with Crippen LogP contribution in [0.25, 0.3) is 0 Å². The van der Waals surface area contributed by atoms with Gasteiger partial charge in [0.15, 0.2) is 0 Å². The zero-order valence-corrected chi connectivity index (χ0v) is 10.3. The second-order valence-electron chi connectivity index (χ2n) is 4.52. The summed E-state index contributed by atoms with van der Waals surface area (Å²) in [6.07, 6.45) is 6.60. The minimum absolute atomic E-state index is 0.814. The summed E-state index contributed by atoms with van der Waals surface area (Å²) in [5, 5.41) is 3.48. The second-order valence-corrected chi connectivity index (χ2v) is 4.52. The molecule has 3 heteroatoms. The Morgan fingerprint density at radius 1 is 1.33 bits per heavy atom. The zero-order valence-electron chi connectivity index (χ0n) is 10.3. The van der Waals surface area contributed by atoms with E-state index in [1.807, 2.05) is 0 Å². The first-order valence-corrected chi connectivity index (χ1v) is 6.24. The Morgan fingerprint density at radius 3 is 2.93 bits per heavy atom. The van der Waals surface area contributed by atoms with Crippen molar-refractivity contribution in [2.24, 2.45) is 0 Å². The third kappa shape index (κ3) is 5.50. The van der Waals surface area contributed by atoms with Crippen molar-refractivity contribution in [1.29, 1.82) is 0 Å². The summed E-state index contributed by atoms with van der Waals surface area (Å²) < 4.78 is 5.01. The molecule has 1 unspecified atom stereocenters. The fourth-order valence-electron chi connectivity index (χ4n) is 2.24. The molecular formula is C12H26N2O. The highest BCUT2D eigenvalue weighted by Crippen LogP contribution is 2.16. The molecule has 1 saturated heterocycles. The lowest BCUT2D eigenvalue weighted by Gasteiger charge is -2.32. The van der Waals surface area contributed by atoms with E-state index in [-0.39, 0.29) is 0 Å². The SMILES string of the molecule is COCCCNCCC1CCCCN1C. The smallest absolute Gasteiger partial charge is 0.0474 e. The fraction of sp³-hybridized carbons (Fsp3) is 1.00. The van der Waals surface area contributed by atoms with Gasteiger partial charge in [0.1, 0.15) is 0 Å². The lowest BCUT2D eigenvalue weighted by Crippen LogP contribution is -2.38. The fourth-order valence-corrected chi connectivity index (χ4v) is 2.24. The maximum absolute atomic E-state index is 5.01. The van der Waals surface area contributed by atoms with E-state index in [0.29, 0.717) is 0 Å². The Hall–Kier alpha value is -0.120. The van der Waals surface area contributed by atoms with Gasteiger partial charge in [-0.2, -0.15) is 0 Å². The molecule has 0 saturated carbocycles. The number of nitrogens with zero attached hydrogens (tertiary/aromatic N) is 1. The molecule has 0 aromatic carbocycles. The Labute approximate surface area is 94.2 Å². The van der Waals surface area contributed by atoms with Crippen LogP contribution < -0.4 is 5.32 Å². The van der Waals surface area contributed by atoms with Crippen LogP contribution in [0.2, 0.25) is 0 Å². The lowest BCUT2D eigenvalue weighted by atomic mass is 10.0. The molecule has 1 heterocycles. The van der Waals surface area contributed by atoms with Crippen LogP contribution in [0.1, 0.15) is 32.1 Å². The van der Waals surface area contributed by atoms with Gasteiger partial charge >= 0.3 is 0 Å². The van der Waals surface area contributed by atoms with Crippen LogP contribution in [0.15, 0.2) is 0 Å². The van der Waals surface area contributed by atoms with Crippen molar-refractivity contribution in [3.8, 4) is 0 Å². The lowest BCUT2D eigenvalue weighted by molar-refractivity contribution is 0.173. The van der Waals surface area contributed by atoms with Crippen LogP contribution in [-0.4, -0.2) is 51.3 Å². The zero-order chi connectivity index (χ0) is 10.9. The highest BCUT2D eigenvalue weighted by atomic mass is 16.5. The average Bonchev–Trinajstić information content (AvgIpc) is 2.25. The van der Waals surface area contributed by atoms with Gasteiger partial charge in [-0.3, -0.25) is 0 Å². The van der Waals surface area contributed by atoms with E-state index in [1.165, 1.54) is 32.2 Å². The molecule has 0 bridgehead atoms. The molecule has 1 aliphatic heterocycles. The molecular weight excluding hydrogens is 188 g/mol. The summed E-state index contributed by atoms with van der Waals surface area (Å²) in [6.45, 7) is 4.40. The Bertz CT molecular complexity index is 153. The first kappa shape index (κ1) is 12.9. The Balaban J connectivity index is 1.94. The normalized spacial score (nSPS) is 23.2. The molecule has 3 nitrogen and oxygen atoms in total. The van der Waals surface area contributed by atoms with Gasteiger partial charge in [-0.1, -0.05) is 6.42 Å². The molecule has 1 atom stereocenters. The number of hydrogen-bond acceptors (Lipinski definition) is 3. The predicted molar refractivity (Wildman–Crippen MR) is 64.2 cm³/mol. The number of rotatable bonds is 7. The highest BCUT2D eigenvalue weighted by Gasteiger charge is 2.17. The summed E-state index contributed by atoms with van der Waals surface area (Å²) in [4.78, 5) is 2.51. The van der Waals surface area contributed by atoms with Gasteiger partial charge in [-0.05, 0) is 52.4 Å². The number of likely N-dealkylation sites (tertiary alicyclic amines) is 1. The first-order valence-electron chi connectivity index (χ1n) is 6.24. The first-order chi connectivity index (χ1) is 7.34. The quantitative estimate of drug-likeness (QED) is 0.650. The van der Waals surface area contributed by atoms with Crippen molar-refractivity contribution in [2.75, 3.05) is 40.4 Å². The molecule has 0 aromatic rings. The largest absolute Gasteiger partial charge is 0.385 e. The van der Waals surface area contributed by atoms with Crippen LogP contribution in [0.4, 0.5) is 0 Å². The van der Waals surface area contributed by atoms with Gasteiger partial charge in [-0.25, -0.2) is 0 Å². The van der Waals surface area contributed by atoms with Crippen molar-refractivity contribution in [2.45, 2.75) is 38.1 Å². The van der Waals surface area contributed by atoms with Gasteiger partial charge in [0.05, 0.1) is 0 Å². The number of methoxy groups -OCH3 is 1. The minimum atomic E-state index is 0.814. The highest BCUT2D eigenvalue weighted by molar-refractivity contribution is 4.74. The van der Waals surface area contributed by atoms with Crippen molar-refractivity contribution in [3.05, 3.63) is 0 Å². The van der Waals surface area contributed by atoms with Gasteiger partial charge in [0.2, 0.25) is 0 Å². The molecule has 15 heavy (non-hydrogen) atoms. The summed E-state index contributed by atoms with van der Waals surface area (Å²) in [5.41, 5.74) is 0. The van der Waals surface area contributed by atoms with E-state index in [0.717, 1.165) is 32.2 Å². The molecule has 1 rings (SSSR count). The minimum Gasteiger partial charge on any atom is -0.385 e. The molecule has 0 radical (unpaired) electrons. The number of nitrogens with one attached hydrogen (secondary N) is 1. The molecule has 0 aliphatic carbocycles. The van der Waals surface area contributed by atoms with Gasteiger partial charge in [-0.15, -0.1) is 0 Å². The Morgan fingerprint density at radius 2 is 2.20 bits per heavy atom. The van der Waals surface area contributed by atoms with Crippen LogP contribution in [-0.2, 0) is 4.74 Å². The maximum Gasteiger partial charge on any atom is 0.0474 e. The summed E-state index contributed by atoms with van der Waals surface area (Å²) in [5.74, 6) is 0. The van der Waals surface area contributed by atoms with Crippen LogP contribution in [0, 0.1) is 0 Å². The molecule has 0 amide bonds. The van der Waals surface area contributed by atoms with E-state index in [4.69, 9.17) is 4.74 Å². The third-order valence-corrected chi connectivity index (χ3v) is 3.28. The van der Waals surface area contributed by atoms with E-state index in [1.54, 1.807) is 7.11 Å². The molecule has 0 aromatic heterocycles. The number of piperidine rings is 1. The van der Waals surface area contributed by atoms with Crippen molar-refractivity contribution >= 4 is 0 Å². The van der Waals surface area contributed by atoms with E-state index in [2.05, 4.69) is 17.3 Å². The van der Waals surface area contributed by atoms with Crippen LogP contribution in [0.5, 0.6) is 0 Å². The van der Waals surface area contributed by atoms with E-state index in [9.17, 15) is 0 Å². The summed E-state index contributed by atoms with van der Waals surface area (Å²) >= 11 is 0. The monoisotopic (exact) mass is 214 g/mol.